The van der Waals surface area contributed by atoms with Crippen molar-refractivity contribution in [1.82, 2.24) is 0 Å². The minimum absolute atomic E-state index is 0.0150. The molecule has 1 atom stereocenters. The van der Waals surface area contributed by atoms with Crippen molar-refractivity contribution in [2.24, 2.45) is 5.73 Å². The Balaban J connectivity index is 2.65. The summed E-state index contributed by atoms with van der Waals surface area (Å²) in [5, 5.41) is 9.33. The SMILES string of the molecule is CCOC(=O)C1=C(C)OC(N)=C(C#N)C1c1ccccc1F. The smallest absolute Gasteiger partial charge is 0.338 e. The number of ether oxygens (including phenoxy) is 2. The first-order chi connectivity index (χ1) is 10.5. The second-order valence-corrected chi connectivity index (χ2v) is 4.64. The zero-order valence-electron chi connectivity index (χ0n) is 12.2. The van der Waals surface area contributed by atoms with Crippen molar-refractivity contribution in [2.45, 2.75) is 19.8 Å². The lowest BCUT2D eigenvalue weighted by molar-refractivity contribution is -0.139. The third-order valence-corrected chi connectivity index (χ3v) is 3.32. The molecule has 0 saturated carbocycles. The van der Waals surface area contributed by atoms with Gasteiger partial charge in [-0.2, -0.15) is 5.26 Å². The van der Waals surface area contributed by atoms with E-state index < -0.39 is 17.7 Å². The largest absolute Gasteiger partial charge is 0.463 e. The van der Waals surface area contributed by atoms with E-state index in [1.165, 1.54) is 25.1 Å². The number of nitrogens with zero attached hydrogens (tertiary/aromatic N) is 1. The van der Waals surface area contributed by atoms with Gasteiger partial charge in [0, 0.05) is 5.56 Å². The molecule has 0 amide bonds. The fourth-order valence-corrected chi connectivity index (χ4v) is 2.38. The monoisotopic (exact) mass is 302 g/mol. The van der Waals surface area contributed by atoms with Crippen LogP contribution in [0.4, 0.5) is 4.39 Å². The van der Waals surface area contributed by atoms with E-state index in [9.17, 15) is 14.4 Å². The van der Waals surface area contributed by atoms with Crippen LogP contribution in [0.3, 0.4) is 0 Å². The average molecular weight is 302 g/mol. The van der Waals surface area contributed by atoms with E-state index >= 15 is 0 Å². The Morgan fingerprint density at radius 1 is 1.50 bits per heavy atom. The summed E-state index contributed by atoms with van der Waals surface area (Å²) in [6, 6.07) is 7.81. The molecule has 2 N–H and O–H groups in total. The van der Waals surface area contributed by atoms with Crippen LogP contribution in [-0.4, -0.2) is 12.6 Å². The second kappa shape index (κ2) is 6.31. The minimum atomic E-state index is -0.945. The Kier molecular flexibility index (Phi) is 4.47. The number of hydrogen-bond acceptors (Lipinski definition) is 5. The minimum Gasteiger partial charge on any atom is -0.463 e. The standard InChI is InChI=1S/C16H15FN2O3/c1-3-21-16(20)13-9(2)22-15(19)11(8-18)14(13)10-6-4-5-7-12(10)17/h4-7,14H,3,19H2,1-2H3. The molecule has 0 fully saturated rings. The highest BCUT2D eigenvalue weighted by Gasteiger charge is 2.37. The van der Waals surface area contributed by atoms with Crippen molar-refractivity contribution < 1.29 is 18.7 Å². The molecule has 1 unspecified atom stereocenters. The van der Waals surface area contributed by atoms with Gasteiger partial charge in [0.25, 0.3) is 0 Å². The molecule has 114 valence electrons. The Bertz CT molecular complexity index is 716. The summed E-state index contributed by atoms with van der Waals surface area (Å²) >= 11 is 0. The van der Waals surface area contributed by atoms with Crippen LogP contribution >= 0.6 is 0 Å². The van der Waals surface area contributed by atoms with E-state index in [0.717, 1.165) is 0 Å². The van der Waals surface area contributed by atoms with Crippen molar-refractivity contribution in [2.75, 3.05) is 6.61 Å². The van der Waals surface area contributed by atoms with Gasteiger partial charge < -0.3 is 15.2 Å². The average Bonchev–Trinajstić information content (AvgIpc) is 2.47. The molecule has 1 heterocycles. The molecule has 1 aliphatic heterocycles. The van der Waals surface area contributed by atoms with Gasteiger partial charge in [-0.3, -0.25) is 0 Å². The first-order valence-electron chi connectivity index (χ1n) is 6.71. The number of allylic oxidation sites excluding steroid dienone is 2. The molecule has 0 aromatic heterocycles. The van der Waals surface area contributed by atoms with E-state index in [1.807, 2.05) is 6.07 Å². The molecule has 2 rings (SSSR count). The zero-order valence-corrected chi connectivity index (χ0v) is 12.2. The lowest BCUT2D eigenvalue weighted by Crippen LogP contribution is -2.26. The third-order valence-electron chi connectivity index (χ3n) is 3.32. The molecule has 0 radical (unpaired) electrons. The maximum atomic E-state index is 14.2. The summed E-state index contributed by atoms with van der Waals surface area (Å²) in [4.78, 5) is 12.2. The van der Waals surface area contributed by atoms with Gasteiger partial charge in [-0.05, 0) is 19.9 Å². The molecule has 6 heteroatoms. The number of hydrogen-bond donors (Lipinski definition) is 1. The van der Waals surface area contributed by atoms with Gasteiger partial charge in [-0.1, -0.05) is 18.2 Å². The third kappa shape index (κ3) is 2.66. The predicted molar refractivity (Wildman–Crippen MR) is 76.4 cm³/mol. The summed E-state index contributed by atoms with van der Waals surface area (Å²) < 4.78 is 24.4. The van der Waals surface area contributed by atoms with Crippen LogP contribution in [0.5, 0.6) is 0 Å². The highest BCUT2D eigenvalue weighted by atomic mass is 19.1. The Labute approximate surface area is 127 Å². The number of rotatable bonds is 3. The van der Waals surface area contributed by atoms with Gasteiger partial charge in [-0.15, -0.1) is 0 Å². The number of carbonyl (C=O) groups is 1. The highest BCUT2D eigenvalue weighted by molar-refractivity contribution is 5.92. The van der Waals surface area contributed by atoms with E-state index in [2.05, 4.69) is 0 Å². The summed E-state index contributed by atoms with van der Waals surface area (Å²) in [5.41, 5.74) is 5.96. The predicted octanol–water partition coefficient (Wildman–Crippen LogP) is 2.47. The molecular formula is C16H15FN2O3. The molecule has 1 aliphatic rings. The van der Waals surface area contributed by atoms with Gasteiger partial charge in [0.15, 0.2) is 0 Å². The van der Waals surface area contributed by atoms with Gasteiger partial charge >= 0.3 is 5.97 Å². The molecule has 1 aromatic rings. The first kappa shape index (κ1) is 15.6. The van der Waals surface area contributed by atoms with Crippen molar-refractivity contribution >= 4 is 5.97 Å². The maximum absolute atomic E-state index is 14.2. The van der Waals surface area contributed by atoms with Crippen LogP contribution in [0.15, 0.2) is 47.1 Å². The number of carbonyl (C=O) groups excluding carboxylic acids is 1. The van der Waals surface area contributed by atoms with Gasteiger partial charge in [0.1, 0.15) is 23.2 Å². The molecule has 0 bridgehead atoms. The highest BCUT2D eigenvalue weighted by Crippen LogP contribution is 2.40. The summed E-state index contributed by atoms with van der Waals surface area (Å²) in [5.74, 6) is -2.08. The molecule has 5 nitrogen and oxygen atoms in total. The van der Waals surface area contributed by atoms with E-state index in [0.29, 0.717) is 0 Å². The van der Waals surface area contributed by atoms with Crippen molar-refractivity contribution in [3.63, 3.8) is 0 Å². The summed E-state index contributed by atoms with van der Waals surface area (Å²) in [6.07, 6.45) is 0. The van der Waals surface area contributed by atoms with Crippen molar-refractivity contribution in [3.8, 4) is 6.07 Å². The second-order valence-electron chi connectivity index (χ2n) is 4.64. The molecule has 0 aliphatic carbocycles. The lowest BCUT2D eigenvalue weighted by Gasteiger charge is -2.27. The van der Waals surface area contributed by atoms with Crippen LogP contribution in [-0.2, 0) is 14.3 Å². The zero-order chi connectivity index (χ0) is 16.3. The fourth-order valence-electron chi connectivity index (χ4n) is 2.38. The van der Waals surface area contributed by atoms with E-state index in [-0.39, 0.29) is 35.0 Å². The first-order valence-corrected chi connectivity index (χ1v) is 6.71. The number of nitrogens with two attached hydrogens (primary N) is 1. The molecule has 1 aromatic carbocycles. The lowest BCUT2D eigenvalue weighted by atomic mass is 9.83. The summed E-state index contributed by atoms with van der Waals surface area (Å²) in [7, 11) is 0. The summed E-state index contributed by atoms with van der Waals surface area (Å²) in [6.45, 7) is 3.34. The van der Waals surface area contributed by atoms with Gasteiger partial charge in [0.05, 0.1) is 18.1 Å². The Morgan fingerprint density at radius 3 is 2.77 bits per heavy atom. The maximum Gasteiger partial charge on any atom is 0.338 e. The fraction of sp³-hybridized carbons (Fsp3) is 0.250. The van der Waals surface area contributed by atoms with Gasteiger partial charge in [-0.25, -0.2) is 9.18 Å². The number of benzene rings is 1. The van der Waals surface area contributed by atoms with Crippen LogP contribution in [0.25, 0.3) is 0 Å². The van der Waals surface area contributed by atoms with Crippen molar-refractivity contribution in [1.29, 1.82) is 5.26 Å². The van der Waals surface area contributed by atoms with Crippen LogP contribution in [0.1, 0.15) is 25.3 Å². The van der Waals surface area contributed by atoms with E-state index in [1.54, 1.807) is 13.0 Å². The van der Waals surface area contributed by atoms with Gasteiger partial charge in [0.2, 0.25) is 5.88 Å². The van der Waals surface area contributed by atoms with Crippen LogP contribution < -0.4 is 5.73 Å². The number of halogens is 1. The normalized spacial score (nSPS) is 17.8. The molecule has 0 saturated heterocycles. The molecule has 22 heavy (non-hydrogen) atoms. The molecular weight excluding hydrogens is 287 g/mol. The quantitative estimate of drug-likeness (QED) is 0.867. The van der Waals surface area contributed by atoms with Crippen LogP contribution in [0, 0.1) is 17.1 Å². The molecule has 0 spiro atoms. The topological polar surface area (TPSA) is 85.3 Å². The Hall–Kier alpha value is -2.81. The Morgan fingerprint density at radius 2 is 2.18 bits per heavy atom. The number of esters is 1. The van der Waals surface area contributed by atoms with Crippen LogP contribution in [0.2, 0.25) is 0 Å². The van der Waals surface area contributed by atoms with E-state index in [4.69, 9.17) is 15.2 Å². The number of nitriles is 1. The van der Waals surface area contributed by atoms with Crippen molar-refractivity contribution in [3.05, 3.63) is 58.4 Å².